The molecule has 1 aromatic carbocycles. The third-order valence-corrected chi connectivity index (χ3v) is 1.28. The molecule has 1 aromatic rings. The molecule has 116 valence electrons. The fourth-order valence-electron chi connectivity index (χ4n) is 0.702. The summed E-state index contributed by atoms with van der Waals surface area (Å²) in [6.45, 7) is -0.250. The Kier molecular flexibility index (Phi) is 10.6. The first kappa shape index (κ1) is 20.7. The molecule has 0 radical (unpaired) electrons. The lowest BCUT2D eigenvalue weighted by Crippen LogP contribution is -2.03. The van der Waals surface area contributed by atoms with E-state index in [1.54, 1.807) is 0 Å². The van der Waals surface area contributed by atoms with E-state index in [4.69, 9.17) is 19.9 Å². The number of aromatic carboxylic acids is 1. The average Bonchev–Trinajstić information content (AvgIpc) is 2.26. The summed E-state index contributed by atoms with van der Waals surface area (Å²) in [5.74, 6) is -3.71. The fourth-order valence-corrected chi connectivity index (χ4v) is 0.702. The number of halogens is 2. The van der Waals surface area contributed by atoms with Crippen LogP contribution >= 0.6 is 0 Å². The molecule has 0 aromatic heterocycles. The second-order valence-electron chi connectivity index (χ2n) is 3.08. The predicted molar refractivity (Wildman–Crippen MR) is 65.0 cm³/mol. The maximum atomic E-state index is 12.5. The number of carboxylic acid groups (broad SMARTS) is 1. The molecule has 0 bridgehead atoms. The minimum atomic E-state index is -3.67. The van der Waals surface area contributed by atoms with E-state index in [2.05, 4.69) is 0 Å². The Bertz CT molecular complexity index is 486. The monoisotopic (exact) mass is 316 g/mol. The number of carboxylic acids is 1. The largest absolute Gasteiger partial charge is 0.477 e. The molecule has 0 saturated carbocycles. The molecule has 0 aliphatic carbocycles. The Balaban J connectivity index is 0. The molecular weight excluding hydrogens is 302 g/mol. The van der Waals surface area contributed by atoms with Gasteiger partial charge in [0.15, 0.2) is 0 Å². The minimum Gasteiger partial charge on any atom is -0.477 e. The van der Waals surface area contributed by atoms with E-state index in [1.807, 2.05) is 0 Å². The molecular formula is C10H14F2O7S. The fraction of sp³-hybridized carbons (Fsp3) is 0.300. The number of hydrogen-bond donors (Lipinski definition) is 4. The number of aliphatic hydroxyl groups excluding tert-OH is 2. The van der Waals surface area contributed by atoms with Crippen LogP contribution in [0.4, 0.5) is 8.78 Å². The SMILES string of the molecule is CS(=O)(=O)O.O=C(O)c1c(F)cccc1F.OCCO. The lowest BCUT2D eigenvalue weighted by atomic mass is 10.2. The first-order valence-electron chi connectivity index (χ1n) is 4.86. The lowest BCUT2D eigenvalue weighted by Gasteiger charge is -1.96. The number of benzene rings is 1. The maximum Gasteiger partial charge on any atom is 0.341 e. The van der Waals surface area contributed by atoms with E-state index >= 15 is 0 Å². The molecule has 0 unspecified atom stereocenters. The van der Waals surface area contributed by atoms with Crippen molar-refractivity contribution in [3.8, 4) is 0 Å². The van der Waals surface area contributed by atoms with E-state index in [0.717, 1.165) is 18.2 Å². The summed E-state index contributed by atoms with van der Waals surface area (Å²) in [7, 11) is -3.67. The van der Waals surface area contributed by atoms with Gasteiger partial charge in [-0.25, -0.2) is 13.6 Å². The average molecular weight is 316 g/mol. The lowest BCUT2D eigenvalue weighted by molar-refractivity contribution is 0.0686. The third kappa shape index (κ3) is 12.8. The number of hydrogen-bond acceptors (Lipinski definition) is 5. The number of carbonyl (C=O) groups is 1. The molecule has 0 spiro atoms. The van der Waals surface area contributed by atoms with Crippen LogP contribution in [0, 0.1) is 11.6 Å². The highest BCUT2D eigenvalue weighted by molar-refractivity contribution is 7.85. The van der Waals surface area contributed by atoms with Crippen molar-refractivity contribution in [1.82, 2.24) is 0 Å². The van der Waals surface area contributed by atoms with Gasteiger partial charge in [-0.3, -0.25) is 4.55 Å². The van der Waals surface area contributed by atoms with Gasteiger partial charge in [0.1, 0.15) is 17.2 Å². The summed E-state index contributed by atoms with van der Waals surface area (Å²) in [6, 6.07) is 2.90. The zero-order chi connectivity index (χ0) is 16.3. The molecule has 7 nitrogen and oxygen atoms in total. The Labute approximate surface area is 113 Å². The molecule has 10 heteroatoms. The zero-order valence-electron chi connectivity index (χ0n) is 10.3. The van der Waals surface area contributed by atoms with Crippen molar-refractivity contribution in [3.63, 3.8) is 0 Å². The summed E-state index contributed by atoms with van der Waals surface area (Å²) in [5.41, 5.74) is -0.910. The minimum absolute atomic E-state index is 0.125. The van der Waals surface area contributed by atoms with Crippen molar-refractivity contribution in [1.29, 1.82) is 0 Å². The molecule has 0 atom stereocenters. The Hall–Kier alpha value is -1.62. The van der Waals surface area contributed by atoms with Crippen molar-refractivity contribution in [2.24, 2.45) is 0 Å². The molecule has 0 aliphatic heterocycles. The first-order chi connectivity index (χ1) is 9.04. The Morgan fingerprint density at radius 3 is 1.60 bits per heavy atom. The van der Waals surface area contributed by atoms with Gasteiger partial charge in [0.25, 0.3) is 10.1 Å². The van der Waals surface area contributed by atoms with Gasteiger partial charge in [-0.1, -0.05) is 6.07 Å². The van der Waals surface area contributed by atoms with Crippen LogP contribution in [0.25, 0.3) is 0 Å². The topological polar surface area (TPSA) is 132 Å². The highest BCUT2D eigenvalue weighted by Gasteiger charge is 2.14. The highest BCUT2D eigenvalue weighted by Crippen LogP contribution is 2.10. The molecule has 4 N–H and O–H groups in total. The van der Waals surface area contributed by atoms with Crippen LogP contribution in [0.3, 0.4) is 0 Å². The number of rotatable bonds is 2. The smallest absolute Gasteiger partial charge is 0.341 e. The second kappa shape index (κ2) is 10.2. The maximum absolute atomic E-state index is 12.5. The molecule has 1 rings (SSSR count). The van der Waals surface area contributed by atoms with Gasteiger partial charge in [0, 0.05) is 0 Å². The van der Waals surface area contributed by atoms with Crippen LogP contribution in [0.2, 0.25) is 0 Å². The summed E-state index contributed by atoms with van der Waals surface area (Å²) < 4.78 is 50.8. The molecule has 0 saturated heterocycles. The summed E-state index contributed by atoms with van der Waals surface area (Å²) in [5, 5.41) is 23.5. The van der Waals surface area contributed by atoms with Crippen LogP contribution < -0.4 is 0 Å². The Morgan fingerprint density at radius 2 is 1.45 bits per heavy atom. The van der Waals surface area contributed by atoms with Gasteiger partial charge in [0.05, 0.1) is 19.5 Å². The molecule has 0 amide bonds. The van der Waals surface area contributed by atoms with Crippen LogP contribution in [0.15, 0.2) is 18.2 Å². The van der Waals surface area contributed by atoms with Crippen molar-refractivity contribution in [2.45, 2.75) is 0 Å². The van der Waals surface area contributed by atoms with Gasteiger partial charge in [0.2, 0.25) is 0 Å². The third-order valence-electron chi connectivity index (χ3n) is 1.28. The quantitative estimate of drug-likeness (QED) is 0.570. The van der Waals surface area contributed by atoms with Crippen LogP contribution in [0.5, 0.6) is 0 Å². The van der Waals surface area contributed by atoms with E-state index in [9.17, 15) is 22.0 Å². The van der Waals surface area contributed by atoms with Gasteiger partial charge in [-0.2, -0.15) is 8.42 Å². The highest BCUT2D eigenvalue weighted by atomic mass is 32.2. The number of aliphatic hydroxyl groups is 2. The van der Waals surface area contributed by atoms with Crippen LogP contribution in [-0.2, 0) is 10.1 Å². The van der Waals surface area contributed by atoms with Gasteiger partial charge >= 0.3 is 5.97 Å². The normalized spacial score (nSPS) is 9.70. The standard InChI is InChI=1S/C7H4F2O2.C2H6O2.CH4O3S/c8-4-2-1-3-5(9)6(4)7(10)11;3-1-2-4;1-5(2,3)4/h1-3H,(H,10,11);3-4H,1-2H2;1H3,(H,2,3,4). The summed E-state index contributed by atoms with van der Waals surface area (Å²) in [6.07, 6.45) is 0.715. The molecule has 0 aliphatic rings. The van der Waals surface area contributed by atoms with Gasteiger partial charge in [-0.15, -0.1) is 0 Å². The van der Waals surface area contributed by atoms with Crippen molar-refractivity contribution in [2.75, 3.05) is 19.5 Å². The van der Waals surface area contributed by atoms with E-state index in [-0.39, 0.29) is 13.2 Å². The predicted octanol–water partition coefficient (Wildman–Crippen LogP) is 0.138. The first-order valence-corrected chi connectivity index (χ1v) is 6.70. The summed E-state index contributed by atoms with van der Waals surface area (Å²) >= 11 is 0. The Morgan fingerprint density at radius 1 is 1.15 bits per heavy atom. The van der Waals surface area contributed by atoms with Crippen molar-refractivity contribution < 1.29 is 41.9 Å². The van der Waals surface area contributed by atoms with Crippen LogP contribution in [-0.4, -0.2) is 53.7 Å². The summed E-state index contributed by atoms with van der Waals surface area (Å²) in [4.78, 5) is 10.2. The van der Waals surface area contributed by atoms with E-state index in [1.165, 1.54) is 0 Å². The van der Waals surface area contributed by atoms with E-state index in [0.29, 0.717) is 6.26 Å². The molecule has 20 heavy (non-hydrogen) atoms. The zero-order valence-corrected chi connectivity index (χ0v) is 11.1. The van der Waals surface area contributed by atoms with Gasteiger partial charge in [-0.05, 0) is 12.1 Å². The molecule has 0 fully saturated rings. The second-order valence-corrected chi connectivity index (χ2v) is 4.55. The van der Waals surface area contributed by atoms with Crippen molar-refractivity contribution >= 4 is 16.1 Å². The molecule has 0 heterocycles. The van der Waals surface area contributed by atoms with Gasteiger partial charge < -0.3 is 15.3 Å². The van der Waals surface area contributed by atoms with E-state index < -0.39 is 33.3 Å². The van der Waals surface area contributed by atoms with Crippen LogP contribution in [0.1, 0.15) is 10.4 Å². The van der Waals surface area contributed by atoms with Crippen molar-refractivity contribution in [3.05, 3.63) is 35.4 Å².